The molecule has 50 heavy (non-hydrogen) atoms. The standard InChI is InChI=1S/C45H42N4O/c1-44(2,3)33-27-36(42(50)37(28-33)45(4,5)6)39-29-38(31-17-8-7-9-18-31)47-43(48-39)32-20-14-21-34(26-32)49(41-24-12-13-25-46-41)40-23-15-19-30-16-10-11-22-35(30)40/h7-29,50H,1-6H3. The largest absolute Gasteiger partial charge is 0.507 e. The lowest BCUT2D eigenvalue weighted by Crippen LogP contribution is -2.17. The number of pyridine rings is 1. The number of anilines is 3. The van der Waals surface area contributed by atoms with Crippen molar-refractivity contribution in [2.45, 2.75) is 52.4 Å². The third-order valence-electron chi connectivity index (χ3n) is 9.10. The lowest BCUT2D eigenvalue weighted by molar-refractivity contribution is 0.446. The lowest BCUT2D eigenvalue weighted by atomic mass is 9.78. The minimum absolute atomic E-state index is 0.133. The molecule has 0 bridgehead atoms. The molecule has 0 amide bonds. The molecule has 0 spiro atoms. The Kier molecular flexibility index (Phi) is 8.44. The van der Waals surface area contributed by atoms with Crippen LogP contribution in [0.2, 0.25) is 0 Å². The van der Waals surface area contributed by atoms with Crippen LogP contribution in [0.5, 0.6) is 5.75 Å². The molecule has 0 unspecified atom stereocenters. The summed E-state index contributed by atoms with van der Waals surface area (Å²) >= 11 is 0. The van der Waals surface area contributed by atoms with E-state index >= 15 is 0 Å². The first-order valence-corrected chi connectivity index (χ1v) is 17.1. The van der Waals surface area contributed by atoms with Crippen LogP contribution in [-0.4, -0.2) is 20.1 Å². The highest BCUT2D eigenvalue weighted by Crippen LogP contribution is 2.43. The van der Waals surface area contributed by atoms with E-state index in [1.54, 1.807) is 0 Å². The van der Waals surface area contributed by atoms with Crippen molar-refractivity contribution in [3.05, 3.63) is 151 Å². The van der Waals surface area contributed by atoms with E-state index in [2.05, 4.69) is 125 Å². The van der Waals surface area contributed by atoms with Crippen LogP contribution < -0.4 is 4.90 Å². The van der Waals surface area contributed by atoms with Crippen molar-refractivity contribution in [3.63, 3.8) is 0 Å². The van der Waals surface area contributed by atoms with Gasteiger partial charge in [0.2, 0.25) is 0 Å². The van der Waals surface area contributed by atoms with Crippen LogP contribution in [0.3, 0.4) is 0 Å². The summed E-state index contributed by atoms with van der Waals surface area (Å²) in [4.78, 5) is 17.3. The van der Waals surface area contributed by atoms with Crippen molar-refractivity contribution >= 4 is 28.0 Å². The van der Waals surface area contributed by atoms with E-state index in [-0.39, 0.29) is 16.6 Å². The minimum atomic E-state index is -0.275. The van der Waals surface area contributed by atoms with Crippen molar-refractivity contribution in [3.8, 4) is 39.7 Å². The number of aromatic nitrogens is 3. The van der Waals surface area contributed by atoms with Crippen LogP contribution in [0.4, 0.5) is 17.2 Å². The van der Waals surface area contributed by atoms with E-state index < -0.39 is 0 Å². The summed E-state index contributed by atoms with van der Waals surface area (Å²) in [6.45, 7) is 13.0. The number of rotatable bonds is 6. The van der Waals surface area contributed by atoms with E-state index in [0.717, 1.165) is 55.9 Å². The number of nitrogens with zero attached hydrogens (tertiary/aromatic N) is 4. The smallest absolute Gasteiger partial charge is 0.160 e. The van der Waals surface area contributed by atoms with Gasteiger partial charge in [0.25, 0.3) is 0 Å². The van der Waals surface area contributed by atoms with Crippen LogP contribution in [0.1, 0.15) is 52.7 Å². The number of aromatic hydroxyl groups is 1. The molecule has 2 heterocycles. The summed E-state index contributed by atoms with van der Waals surface area (Å²) in [5.41, 5.74) is 7.56. The molecule has 0 radical (unpaired) electrons. The Labute approximate surface area is 295 Å². The molecule has 0 aliphatic carbocycles. The lowest BCUT2D eigenvalue weighted by Gasteiger charge is -2.27. The summed E-state index contributed by atoms with van der Waals surface area (Å²) in [5.74, 6) is 1.62. The molecule has 0 saturated heterocycles. The van der Waals surface area contributed by atoms with Crippen molar-refractivity contribution in [1.82, 2.24) is 15.0 Å². The second kappa shape index (κ2) is 12.9. The number of hydrogen-bond acceptors (Lipinski definition) is 5. The van der Waals surface area contributed by atoms with Crippen LogP contribution in [0, 0.1) is 0 Å². The fourth-order valence-corrected chi connectivity index (χ4v) is 6.37. The highest BCUT2D eigenvalue weighted by Gasteiger charge is 2.27. The zero-order valence-corrected chi connectivity index (χ0v) is 29.5. The van der Waals surface area contributed by atoms with E-state index in [0.29, 0.717) is 17.1 Å². The van der Waals surface area contributed by atoms with Crippen molar-refractivity contribution in [2.24, 2.45) is 0 Å². The third-order valence-corrected chi connectivity index (χ3v) is 9.10. The van der Waals surface area contributed by atoms with Gasteiger partial charge >= 0.3 is 0 Å². The molecule has 0 aliphatic heterocycles. The maximum Gasteiger partial charge on any atom is 0.160 e. The molecular formula is C45H42N4O. The molecule has 0 saturated carbocycles. The Morgan fingerprint density at radius 3 is 2.00 bits per heavy atom. The second-order valence-corrected chi connectivity index (χ2v) is 14.8. The molecule has 1 N–H and O–H groups in total. The molecule has 5 nitrogen and oxygen atoms in total. The number of fused-ring (bicyclic) bond motifs is 1. The monoisotopic (exact) mass is 654 g/mol. The second-order valence-electron chi connectivity index (χ2n) is 14.8. The molecule has 0 fully saturated rings. The van der Waals surface area contributed by atoms with Gasteiger partial charge in [-0.1, -0.05) is 133 Å². The van der Waals surface area contributed by atoms with Gasteiger partial charge in [0.05, 0.1) is 17.1 Å². The first-order chi connectivity index (χ1) is 24.0. The predicted molar refractivity (Wildman–Crippen MR) is 207 cm³/mol. The van der Waals surface area contributed by atoms with Gasteiger partial charge in [0, 0.05) is 39.5 Å². The van der Waals surface area contributed by atoms with Gasteiger partial charge in [-0.25, -0.2) is 15.0 Å². The molecule has 7 aromatic rings. The maximum absolute atomic E-state index is 11.9. The molecule has 0 aliphatic rings. The summed E-state index contributed by atoms with van der Waals surface area (Å²) in [5, 5.41) is 14.1. The van der Waals surface area contributed by atoms with Gasteiger partial charge in [-0.3, -0.25) is 4.90 Å². The highest BCUT2D eigenvalue weighted by molar-refractivity contribution is 5.98. The van der Waals surface area contributed by atoms with Gasteiger partial charge in [-0.15, -0.1) is 0 Å². The first kappa shape index (κ1) is 32.7. The number of benzene rings is 5. The molecular weight excluding hydrogens is 613 g/mol. The number of phenols is 1. The van der Waals surface area contributed by atoms with E-state index in [1.807, 2.05) is 60.8 Å². The summed E-state index contributed by atoms with van der Waals surface area (Å²) in [6, 6.07) is 45.4. The Balaban J connectivity index is 1.45. The SMILES string of the molecule is CC(C)(C)c1cc(-c2cc(-c3ccccc3)nc(-c3cccc(N(c4ccccn4)c4cccc5ccccc45)c3)n2)c(O)c(C(C)(C)C)c1. The zero-order valence-electron chi connectivity index (χ0n) is 29.5. The average molecular weight is 655 g/mol. The predicted octanol–water partition coefficient (Wildman–Crippen LogP) is 11.8. The Hall–Kier alpha value is -5.81. The zero-order chi connectivity index (χ0) is 35.0. The maximum atomic E-state index is 11.9. The molecule has 248 valence electrons. The van der Waals surface area contributed by atoms with Crippen LogP contribution in [-0.2, 0) is 10.8 Å². The van der Waals surface area contributed by atoms with E-state index in [4.69, 9.17) is 15.0 Å². The van der Waals surface area contributed by atoms with Gasteiger partial charge in [0.1, 0.15) is 11.6 Å². The van der Waals surface area contributed by atoms with Crippen molar-refractivity contribution < 1.29 is 5.11 Å². The normalized spacial score (nSPS) is 11.9. The van der Waals surface area contributed by atoms with Crippen LogP contribution in [0.15, 0.2) is 140 Å². The molecule has 0 atom stereocenters. The summed E-state index contributed by atoms with van der Waals surface area (Å²) in [7, 11) is 0. The number of hydrogen-bond donors (Lipinski definition) is 1. The van der Waals surface area contributed by atoms with Crippen molar-refractivity contribution in [2.75, 3.05) is 4.90 Å². The first-order valence-electron chi connectivity index (χ1n) is 17.1. The Bertz CT molecular complexity index is 2300. The summed E-state index contributed by atoms with van der Waals surface area (Å²) < 4.78 is 0. The minimum Gasteiger partial charge on any atom is -0.507 e. The van der Waals surface area contributed by atoms with E-state index in [9.17, 15) is 5.11 Å². The summed E-state index contributed by atoms with van der Waals surface area (Å²) in [6.07, 6.45) is 1.82. The fourth-order valence-electron chi connectivity index (χ4n) is 6.37. The topological polar surface area (TPSA) is 62.1 Å². The number of phenolic OH excluding ortho intramolecular Hbond substituents is 1. The van der Waals surface area contributed by atoms with Crippen LogP contribution in [0.25, 0.3) is 44.7 Å². The third kappa shape index (κ3) is 6.47. The van der Waals surface area contributed by atoms with Gasteiger partial charge < -0.3 is 5.11 Å². The molecule has 2 aromatic heterocycles. The fraction of sp³-hybridized carbons (Fsp3) is 0.178. The molecule has 5 heteroatoms. The highest BCUT2D eigenvalue weighted by atomic mass is 16.3. The molecule has 7 rings (SSSR count). The molecule has 5 aromatic carbocycles. The van der Waals surface area contributed by atoms with Crippen molar-refractivity contribution in [1.29, 1.82) is 0 Å². The van der Waals surface area contributed by atoms with E-state index in [1.165, 1.54) is 0 Å². The quantitative estimate of drug-likeness (QED) is 0.193. The Morgan fingerprint density at radius 2 is 1.26 bits per heavy atom. The van der Waals surface area contributed by atoms with Gasteiger partial charge in [0.15, 0.2) is 5.82 Å². The Morgan fingerprint density at radius 1 is 0.580 bits per heavy atom. The van der Waals surface area contributed by atoms with Crippen LogP contribution >= 0.6 is 0 Å². The average Bonchev–Trinajstić information content (AvgIpc) is 3.12. The van der Waals surface area contributed by atoms with Gasteiger partial charge in [-0.05, 0) is 64.2 Å². The van der Waals surface area contributed by atoms with Gasteiger partial charge in [-0.2, -0.15) is 0 Å².